The van der Waals surface area contributed by atoms with E-state index >= 15 is 0 Å². The number of rotatable bonds is 8. The lowest BCUT2D eigenvalue weighted by molar-refractivity contribution is -0.151. The number of nitrogens with zero attached hydrogens (tertiary/aromatic N) is 1. The number of fused-ring (bicyclic) bond motifs is 1. The Balaban J connectivity index is 1.43. The number of benzene rings is 2. The third kappa shape index (κ3) is 4.68. The molecule has 0 saturated heterocycles. The Morgan fingerprint density at radius 3 is 2.17 bits per heavy atom. The van der Waals surface area contributed by atoms with Crippen molar-refractivity contribution in [2.75, 3.05) is 13.2 Å². The molecule has 150 valence electrons. The molecule has 3 amide bonds. The molecule has 1 aliphatic rings. The highest BCUT2D eigenvalue weighted by Crippen LogP contribution is 2.24. The second-order valence-electron chi connectivity index (χ2n) is 6.75. The minimum absolute atomic E-state index is 0.258. The number of esters is 1. The highest BCUT2D eigenvalue weighted by Gasteiger charge is 2.41. The lowest BCUT2D eigenvalue weighted by Crippen LogP contribution is -2.44. The average molecular weight is 394 g/mol. The number of hydrogen-bond acceptors (Lipinski definition) is 5. The van der Waals surface area contributed by atoms with Crippen LogP contribution in [0.25, 0.3) is 0 Å². The Bertz CT molecular complexity index is 891. The molecule has 7 heteroatoms. The van der Waals surface area contributed by atoms with E-state index in [9.17, 15) is 19.2 Å². The van der Waals surface area contributed by atoms with Crippen molar-refractivity contribution in [2.24, 2.45) is 0 Å². The summed E-state index contributed by atoms with van der Waals surface area (Å²) in [5, 5.41) is 2.68. The largest absolute Gasteiger partial charge is 0.454 e. The van der Waals surface area contributed by atoms with Crippen LogP contribution in [0.4, 0.5) is 0 Å². The Kier molecular flexibility index (Phi) is 6.39. The van der Waals surface area contributed by atoms with Crippen molar-refractivity contribution in [3.05, 3.63) is 71.3 Å². The maximum atomic E-state index is 12.4. The zero-order chi connectivity index (χ0) is 20.8. The van der Waals surface area contributed by atoms with Gasteiger partial charge in [-0.3, -0.25) is 19.3 Å². The normalized spacial score (nSPS) is 13.8. The summed E-state index contributed by atoms with van der Waals surface area (Å²) < 4.78 is 4.99. The zero-order valence-corrected chi connectivity index (χ0v) is 16.1. The van der Waals surface area contributed by atoms with Crippen molar-refractivity contribution in [1.29, 1.82) is 0 Å². The fourth-order valence-corrected chi connectivity index (χ4v) is 3.14. The van der Waals surface area contributed by atoms with Crippen LogP contribution in [0.3, 0.4) is 0 Å². The van der Waals surface area contributed by atoms with Gasteiger partial charge in [-0.25, -0.2) is 4.79 Å². The molecule has 2 aromatic carbocycles. The molecule has 1 atom stereocenters. The molecule has 1 heterocycles. The summed E-state index contributed by atoms with van der Waals surface area (Å²) in [5.41, 5.74) is 1.70. The molecular formula is C22H22N2O5. The van der Waals surface area contributed by atoms with Crippen molar-refractivity contribution >= 4 is 23.7 Å². The van der Waals surface area contributed by atoms with Crippen LogP contribution in [0.5, 0.6) is 0 Å². The van der Waals surface area contributed by atoms with Gasteiger partial charge in [-0.15, -0.1) is 0 Å². The fourth-order valence-electron chi connectivity index (χ4n) is 3.14. The van der Waals surface area contributed by atoms with E-state index in [2.05, 4.69) is 5.32 Å². The molecule has 1 unspecified atom stereocenters. The lowest BCUT2D eigenvalue weighted by atomic mass is 10.1. The van der Waals surface area contributed by atoms with Gasteiger partial charge in [0, 0.05) is 6.54 Å². The quantitative estimate of drug-likeness (QED) is 0.420. The van der Waals surface area contributed by atoms with Crippen molar-refractivity contribution < 1.29 is 23.9 Å². The maximum absolute atomic E-state index is 12.4. The zero-order valence-electron chi connectivity index (χ0n) is 16.1. The molecule has 0 aromatic heterocycles. The summed E-state index contributed by atoms with van der Waals surface area (Å²) >= 11 is 0. The first-order chi connectivity index (χ1) is 14.0. The number of aryl methyl sites for hydroxylation is 1. The number of amides is 3. The third-order valence-electron chi connectivity index (χ3n) is 4.71. The monoisotopic (exact) mass is 394 g/mol. The standard InChI is InChI=1S/C22H22N2O5/c1-15(24-20(26)17-11-5-6-12-18(17)21(24)27)22(28)29-14-19(25)23-13-7-10-16-8-3-2-4-9-16/h2-6,8-9,11-12,15H,7,10,13-14H2,1H3,(H,23,25). The molecule has 0 radical (unpaired) electrons. The van der Waals surface area contributed by atoms with Gasteiger partial charge in [0.2, 0.25) is 0 Å². The third-order valence-corrected chi connectivity index (χ3v) is 4.71. The van der Waals surface area contributed by atoms with E-state index in [0.717, 1.165) is 17.7 Å². The molecule has 2 aromatic rings. The van der Waals surface area contributed by atoms with Gasteiger partial charge in [0.25, 0.3) is 17.7 Å². The first-order valence-corrected chi connectivity index (χ1v) is 9.43. The van der Waals surface area contributed by atoms with Crippen LogP contribution in [-0.2, 0) is 20.7 Å². The van der Waals surface area contributed by atoms with Crippen LogP contribution in [-0.4, -0.2) is 47.8 Å². The molecule has 0 aliphatic carbocycles. The second kappa shape index (κ2) is 9.14. The minimum atomic E-state index is -1.12. The molecule has 29 heavy (non-hydrogen) atoms. The predicted molar refractivity (Wildman–Crippen MR) is 105 cm³/mol. The number of imide groups is 1. The van der Waals surface area contributed by atoms with Gasteiger partial charge in [0.15, 0.2) is 6.61 Å². The van der Waals surface area contributed by atoms with Gasteiger partial charge in [0.05, 0.1) is 11.1 Å². The van der Waals surface area contributed by atoms with Gasteiger partial charge in [-0.05, 0) is 37.5 Å². The lowest BCUT2D eigenvalue weighted by Gasteiger charge is -2.20. The number of nitrogens with one attached hydrogen (secondary N) is 1. The maximum Gasteiger partial charge on any atom is 0.329 e. The number of hydrogen-bond donors (Lipinski definition) is 1. The fraction of sp³-hybridized carbons (Fsp3) is 0.273. The Morgan fingerprint density at radius 2 is 1.55 bits per heavy atom. The highest BCUT2D eigenvalue weighted by molar-refractivity contribution is 6.22. The van der Waals surface area contributed by atoms with E-state index in [0.29, 0.717) is 6.54 Å². The number of ether oxygens (including phenoxy) is 1. The highest BCUT2D eigenvalue weighted by atomic mass is 16.5. The Morgan fingerprint density at radius 1 is 0.966 bits per heavy atom. The summed E-state index contributed by atoms with van der Waals surface area (Å²) in [7, 11) is 0. The Labute approximate surface area is 168 Å². The van der Waals surface area contributed by atoms with Crippen molar-refractivity contribution in [2.45, 2.75) is 25.8 Å². The van der Waals surface area contributed by atoms with Gasteiger partial charge in [-0.2, -0.15) is 0 Å². The molecule has 0 spiro atoms. The SMILES string of the molecule is CC(C(=O)OCC(=O)NCCCc1ccccc1)N1C(=O)c2ccccc2C1=O. The first-order valence-electron chi connectivity index (χ1n) is 9.43. The van der Waals surface area contributed by atoms with Crippen LogP contribution in [0, 0.1) is 0 Å². The predicted octanol–water partition coefficient (Wildman–Crippen LogP) is 1.96. The van der Waals surface area contributed by atoms with Crippen LogP contribution < -0.4 is 5.32 Å². The number of carbonyl (C=O) groups is 4. The Hall–Kier alpha value is -3.48. The number of carbonyl (C=O) groups excluding carboxylic acids is 4. The summed E-state index contributed by atoms with van der Waals surface area (Å²) in [6, 6.07) is 15.2. The summed E-state index contributed by atoms with van der Waals surface area (Å²) in [6.07, 6.45) is 1.59. The topological polar surface area (TPSA) is 92.8 Å². The van der Waals surface area contributed by atoms with E-state index in [1.54, 1.807) is 12.1 Å². The molecule has 3 rings (SSSR count). The van der Waals surface area contributed by atoms with Gasteiger partial charge in [0.1, 0.15) is 6.04 Å². The van der Waals surface area contributed by atoms with E-state index in [1.165, 1.54) is 24.6 Å². The van der Waals surface area contributed by atoms with Gasteiger partial charge in [-0.1, -0.05) is 42.5 Å². The minimum Gasteiger partial charge on any atom is -0.454 e. The summed E-state index contributed by atoms with van der Waals surface area (Å²) in [4.78, 5) is 49.8. The second-order valence-corrected chi connectivity index (χ2v) is 6.75. The molecule has 1 aliphatic heterocycles. The molecule has 0 bridgehead atoms. The van der Waals surface area contributed by atoms with Crippen LogP contribution in [0.1, 0.15) is 39.6 Å². The van der Waals surface area contributed by atoms with E-state index in [1.807, 2.05) is 30.3 Å². The molecule has 7 nitrogen and oxygen atoms in total. The van der Waals surface area contributed by atoms with Crippen LogP contribution in [0.15, 0.2) is 54.6 Å². The molecular weight excluding hydrogens is 372 g/mol. The molecule has 0 saturated carbocycles. The average Bonchev–Trinajstić information content (AvgIpc) is 3.00. The van der Waals surface area contributed by atoms with Gasteiger partial charge < -0.3 is 10.1 Å². The summed E-state index contributed by atoms with van der Waals surface area (Å²) in [6.45, 7) is 1.40. The van der Waals surface area contributed by atoms with Crippen LogP contribution >= 0.6 is 0 Å². The van der Waals surface area contributed by atoms with E-state index in [4.69, 9.17) is 4.74 Å². The smallest absolute Gasteiger partial charge is 0.329 e. The summed E-state index contributed by atoms with van der Waals surface area (Å²) in [5.74, 6) is -2.32. The first kappa shape index (κ1) is 20.3. The molecule has 1 N–H and O–H groups in total. The van der Waals surface area contributed by atoms with Crippen molar-refractivity contribution in [3.63, 3.8) is 0 Å². The molecule has 0 fully saturated rings. The van der Waals surface area contributed by atoms with E-state index in [-0.39, 0.29) is 11.1 Å². The van der Waals surface area contributed by atoms with E-state index < -0.39 is 36.3 Å². The van der Waals surface area contributed by atoms with Crippen LogP contribution in [0.2, 0.25) is 0 Å². The van der Waals surface area contributed by atoms with Crippen molar-refractivity contribution in [1.82, 2.24) is 10.2 Å². The van der Waals surface area contributed by atoms with Crippen molar-refractivity contribution in [3.8, 4) is 0 Å². The van der Waals surface area contributed by atoms with Gasteiger partial charge >= 0.3 is 5.97 Å².